The topological polar surface area (TPSA) is 86.1 Å². The van der Waals surface area contributed by atoms with E-state index in [0.29, 0.717) is 22.8 Å². The summed E-state index contributed by atoms with van der Waals surface area (Å²) in [6.07, 6.45) is 4.21. The first-order valence-corrected chi connectivity index (χ1v) is 10.8. The molecule has 0 fully saturated rings. The summed E-state index contributed by atoms with van der Waals surface area (Å²) in [7, 11) is -2.38. The Labute approximate surface area is 164 Å². The Balaban J connectivity index is 1.75. The number of anilines is 1. The molecule has 0 atom stereocenters. The summed E-state index contributed by atoms with van der Waals surface area (Å²) in [5.41, 5.74) is 1.18. The first kappa shape index (κ1) is 18.5. The second-order valence-corrected chi connectivity index (χ2v) is 8.35. The maximum absolute atomic E-state index is 13.0. The van der Waals surface area contributed by atoms with Gasteiger partial charge >= 0.3 is 0 Å². The average Bonchev–Trinajstić information content (AvgIpc) is 2.96. The number of rotatable bonds is 5. The van der Waals surface area contributed by atoms with Gasteiger partial charge in [-0.1, -0.05) is 30.7 Å². The van der Waals surface area contributed by atoms with Crippen molar-refractivity contribution in [1.29, 1.82) is 0 Å². The third kappa shape index (κ3) is 3.47. The minimum absolute atomic E-state index is 0.0902. The van der Waals surface area contributed by atoms with Crippen LogP contribution < -0.4 is 9.46 Å². The van der Waals surface area contributed by atoms with Crippen molar-refractivity contribution in [2.45, 2.75) is 37.1 Å². The standard InChI is InChI=1S/C20H22N4O3S/c1-27-17-11-6-7-12-18(17)28(25,26)23-16-10-5-4-9-15(16)20-22-21-19-13-3-2-8-14-24(19)20/h4-7,9-12,23H,2-3,8,13-14H2,1H3. The van der Waals surface area contributed by atoms with Crippen LogP contribution in [0.4, 0.5) is 5.69 Å². The zero-order valence-corrected chi connectivity index (χ0v) is 16.4. The van der Waals surface area contributed by atoms with Crippen LogP contribution in [-0.2, 0) is 23.0 Å². The van der Waals surface area contributed by atoms with Crippen molar-refractivity contribution in [3.05, 3.63) is 54.4 Å². The van der Waals surface area contributed by atoms with Crippen LogP contribution in [0.1, 0.15) is 25.1 Å². The summed E-state index contributed by atoms with van der Waals surface area (Å²) in [5.74, 6) is 1.94. The smallest absolute Gasteiger partial charge is 0.265 e. The summed E-state index contributed by atoms with van der Waals surface area (Å²) >= 11 is 0. The molecule has 0 aliphatic carbocycles. The molecular formula is C20H22N4O3S. The summed E-state index contributed by atoms with van der Waals surface area (Å²) < 4.78 is 36.0. The molecule has 0 saturated heterocycles. The molecule has 0 bridgehead atoms. The van der Waals surface area contributed by atoms with Gasteiger partial charge in [-0.25, -0.2) is 8.42 Å². The predicted octanol–water partition coefficient (Wildman–Crippen LogP) is 3.48. The van der Waals surface area contributed by atoms with E-state index in [4.69, 9.17) is 4.74 Å². The lowest BCUT2D eigenvalue weighted by molar-refractivity contribution is 0.403. The molecular weight excluding hydrogens is 376 g/mol. The molecule has 1 aliphatic rings. The van der Waals surface area contributed by atoms with E-state index in [9.17, 15) is 8.42 Å². The van der Waals surface area contributed by atoms with Gasteiger partial charge in [0.25, 0.3) is 10.0 Å². The van der Waals surface area contributed by atoms with Gasteiger partial charge in [-0.2, -0.15) is 0 Å². The second-order valence-electron chi connectivity index (χ2n) is 6.70. The van der Waals surface area contributed by atoms with Crippen molar-refractivity contribution in [3.8, 4) is 17.1 Å². The fourth-order valence-electron chi connectivity index (χ4n) is 3.49. The van der Waals surface area contributed by atoms with Crippen molar-refractivity contribution >= 4 is 15.7 Å². The van der Waals surface area contributed by atoms with Gasteiger partial charge in [-0.05, 0) is 37.1 Å². The van der Waals surface area contributed by atoms with Gasteiger partial charge < -0.3 is 9.30 Å². The third-order valence-corrected chi connectivity index (χ3v) is 6.29. The molecule has 1 aromatic heterocycles. The minimum Gasteiger partial charge on any atom is -0.495 e. The lowest BCUT2D eigenvalue weighted by Crippen LogP contribution is -2.15. The van der Waals surface area contributed by atoms with Crippen LogP contribution in [0.2, 0.25) is 0 Å². The molecule has 28 heavy (non-hydrogen) atoms. The van der Waals surface area contributed by atoms with E-state index in [-0.39, 0.29) is 4.90 Å². The number of aryl methyl sites for hydroxylation is 1. The molecule has 1 N–H and O–H groups in total. The molecule has 2 heterocycles. The van der Waals surface area contributed by atoms with E-state index in [1.807, 2.05) is 12.1 Å². The molecule has 8 heteroatoms. The quantitative estimate of drug-likeness (QED) is 0.711. The summed E-state index contributed by atoms with van der Waals surface area (Å²) in [5, 5.41) is 8.69. The molecule has 2 aromatic carbocycles. The Kier molecular flexibility index (Phi) is 5.04. The molecule has 0 saturated carbocycles. The van der Waals surface area contributed by atoms with Crippen molar-refractivity contribution in [3.63, 3.8) is 0 Å². The number of fused-ring (bicyclic) bond motifs is 1. The molecule has 0 unspecified atom stereocenters. The zero-order valence-electron chi connectivity index (χ0n) is 15.6. The Morgan fingerprint density at radius 2 is 1.79 bits per heavy atom. The Morgan fingerprint density at radius 1 is 1.00 bits per heavy atom. The lowest BCUT2D eigenvalue weighted by atomic mass is 10.1. The van der Waals surface area contributed by atoms with Crippen molar-refractivity contribution < 1.29 is 13.2 Å². The van der Waals surface area contributed by atoms with Crippen LogP contribution in [0.3, 0.4) is 0 Å². The highest BCUT2D eigenvalue weighted by Gasteiger charge is 2.23. The van der Waals surface area contributed by atoms with Gasteiger partial charge in [-0.3, -0.25) is 4.72 Å². The zero-order chi connectivity index (χ0) is 19.6. The average molecular weight is 398 g/mol. The lowest BCUT2D eigenvalue weighted by Gasteiger charge is -2.15. The van der Waals surface area contributed by atoms with E-state index in [1.165, 1.54) is 13.2 Å². The predicted molar refractivity (Wildman–Crippen MR) is 107 cm³/mol. The van der Waals surface area contributed by atoms with Crippen LogP contribution in [0.25, 0.3) is 11.4 Å². The molecule has 0 radical (unpaired) electrons. The van der Waals surface area contributed by atoms with Crippen LogP contribution in [0.15, 0.2) is 53.4 Å². The van der Waals surface area contributed by atoms with E-state index in [2.05, 4.69) is 19.5 Å². The summed E-state index contributed by atoms with van der Waals surface area (Å²) in [6, 6.07) is 13.8. The molecule has 0 amide bonds. The molecule has 3 aromatic rings. The summed E-state index contributed by atoms with van der Waals surface area (Å²) in [4.78, 5) is 0.0902. The highest BCUT2D eigenvalue weighted by atomic mass is 32.2. The van der Waals surface area contributed by atoms with Gasteiger partial charge in [0.05, 0.1) is 12.8 Å². The Morgan fingerprint density at radius 3 is 2.64 bits per heavy atom. The molecule has 1 aliphatic heterocycles. The highest BCUT2D eigenvalue weighted by molar-refractivity contribution is 7.92. The molecule has 0 spiro atoms. The summed E-state index contributed by atoms with van der Waals surface area (Å²) in [6.45, 7) is 0.839. The maximum Gasteiger partial charge on any atom is 0.265 e. The number of methoxy groups -OCH3 is 1. The van der Waals surface area contributed by atoms with E-state index in [0.717, 1.165) is 38.1 Å². The Bertz CT molecular complexity index is 1090. The number of sulfonamides is 1. The first-order valence-electron chi connectivity index (χ1n) is 9.27. The normalized spacial score (nSPS) is 14.2. The van der Waals surface area contributed by atoms with Gasteiger partial charge in [0, 0.05) is 18.5 Å². The van der Waals surface area contributed by atoms with Gasteiger partial charge in [0.1, 0.15) is 16.5 Å². The number of hydrogen-bond donors (Lipinski definition) is 1. The van der Waals surface area contributed by atoms with Crippen LogP contribution in [0.5, 0.6) is 5.75 Å². The second kappa shape index (κ2) is 7.63. The highest BCUT2D eigenvalue weighted by Crippen LogP contribution is 2.32. The minimum atomic E-state index is -3.83. The van der Waals surface area contributed by atoms with Gasteiger partial charge in [0.2, 0.25) is 0 Å². The van der Waals surface area contributed by atoms with Crippen molar-refractivity contribution in [2.24, 2.45) is 0 Å². The number of nitrogens with one attached hydrogen (secondary N) is 1. The van der Waals surface area contributed by atoms with E-state index < -0.39 is 10.0 Å². The largest absolute Gasteiger partial charge is 0.495 e. The van der Waals surface area contributed by atoms with Gasteiger partial charge in [0.15, 0.2) is 5.82 Å². The molecule has 7 nitrogen and oxygen atoms in total. The fourth-order valence-corrected chi connectivity index (χ4v) is 4.74. The third-order valence-electron chi connectivity index (χ3n) is 4.88. The Hall–Kier alpha value is -2.87. The van der Waals surface area contributed by atoms with Gasteiger partial charge in [-0.15, -0.1) is 10.2 Å². The molecule has 146 valence electrons. The number of para-hydroxylation sites is 2. The SMILES string of the molecule is COc1ccccc1S(=O)(=O)Nc1ccccc1-c1nnc2n1CCCCC2. The number of ether oxygens (including phenoxy) is 1. The monoisotopic (exact) mass is 398 g/mol. The van der Waals surface area contributed by atoms with E-state index in [1.54, 1.807) is 30.3 Å². The number of aromatic nitrogens is 3. The first-order chi connectivity index (χ1) is 13.6. The maximum atomic E-state index is 13.0. The van der Waals surface area contributed by atoms with Crippen LogP contribution >= 0.6 is 0 Å². The fraction of sp³-hybridized carbons (Fsp3) is 0.300. The number of nitrogens with zero attached hydrogens (tertiary/aromatic N) is 3. The van der Waals surface area contributed by atoms with Crippen molar-refractivity contribution in [2.75, 3.05) is 11.8 Å². The number of hydrogen-bond acceptors (Lipinski definition) is 5. The molecule has 4 rings (SSSR count). The van der Waals surface area contributed by atoms with E-state index >= 15 is 0 Å². The van der Waals surface area contributed by atoms with Crippen LogP contribution in [-0.4, -0.2) is 30.3 Å². The van der Waals surface area contributed by atoms with Crippen LogP contribution in [0, 0.1) is 0 Å². The van der Waals surface area contributed by atoms with Crippen molar-refractivity contribution in [1.82, 2.24) is 14.8 Å². The number of benzene rings is 2.